The molecular formula is C140H92B3N3. The molecule has 6 aliphatic rings. The van der Waals surface area contributed by atoms with Gasteiger partial charge >= 0.3 is 20.5 Å². The molecular weight excluding hydrogens is 1760 g/mol. The fraction of sp³-hybridized carbons (Fsp3) is 0. The predicted molar refractivity (Wildman–Crippen MR) is 622 cm³/mol. The Labute approximate surface area is 853 Å². The van der Waals surface area contributed by atoms with Crippen LogP contribution in [0.4, 0.5) is 34.1 Å². The van der Waals surface area contributed by atoms with Crippen molar-refractivity contribution >= 4 is 109 Å². The van der Waals surface area contributed by atoms with E-state index in [1.54, 1.807) is 0 Å². The molecule has 0 unspecified atom stereocenters. The lowest BCUT2D eigenvalue weighted by Crippen LogP contribution is -2.59. The summed E-state index contributed by atoms with van der Waals surface area (Å²) in [7, 11) is 0. The van der Waals surface area contributed by atoms with E-state index >= 15 is 0 Å². The highest BCUT2D eigenvalue weighted by atomic mass is 15.1. The Bertz CT molecular complexity index is 9250. The van der Waals surface area contributed by atoms with Gasteiger partial charge in [0.15, 0.2) is 0 Å². The minimum absolute atomic E-state index is 0.0369. The van der Waals surface area contributed by atoms with E-state index in [0.717, 1.165) is 0 Å². The molecule has 0 bridgehead atoms. The van der Waals surface area contributed by atoms with Gasteiger partial charge in [-0.25, -0.2) is 0 Å². The number of rotatable bonds is 10. The van der Waals surface area contributed by atoms with Crippen LogP contribution in [0.25, 0.3) is 200 Å². The van der Waals surface area contributed by atoms with Gasteiger partial charge in [0.1, 0.15) is 0 Å². The zero-order valence-electron chi connectivity index (χ0n) is 80.2. The Morgan fingerprint density at radius 2 is 0.308 bits per heavy atom. The quantitative estimate of drug-likeness (QED) is 0.126. The highest BCUT2D eigenvalue weighted by Gasteiger charge is 2.47. The maximum atomic E-state index is 2.60. The Balaban J connectivity index is 0.000000106. The van der Waals surface area contributed by atoms with E-state index in [9.17, 15) is 0 Å². The van der Waals surface area contributed by atoms with Gasteiger partial charge in [-0.1, -0.05) is 479 Å². The van der Waals surface area contributed by atoms with E-state index in [4.69, 9.17) is 0 Å². The summed E-state index contributed by atoms with van der Waals surface area (Å²) in [4.78, 5) is 7.80. The first-order valence-electron chi connectivity index (χ1n) is 50.8. The molecule has 0 saturated carbocycles. The van der Waals surface area contributed by atoms with Crippen LogP contribution in [-0.2, 0) is 0 Å². The van der Waals surface area contributed by atoms with Gasteiger partial charge < -0.3 is 14.4 Å². The van der Waals surface area contributed by atoms with Crippen molar-refractivity contribution in [3.63, 3.8) is 0 Å². The van der Waals surface area contributed by atoms with Crippen LogP contribution in [0.5, 0.6) is 0 Å². The maximum Gasteiger partial charge on any atom is 0.329 e. The van der Waals surface area contributed by atoms with Gasteiger partial charge in [-0.2, -0.15) is 0 Å². The highest BCUT2D eigenvalue weighted by Crippen LogP contribution is 2.54. The smallest absolute Gasteiger partial charge is 0.329 e. The SMILES string of the molecule is c1ccc(-c2ccc(-c3ccc4c(c3)B3c5ccccc5-c5cc(-c6ccccc6)ccc5N3c3ccc(-c5ccccc5)cc3-4)cc2)cc1.c1ccc(-c2ccc3c(c2)-c2ccccc2B2c4cc(-c5ccc6ccccc6c5)ccc4-c4cc(-c5ccccc5)ccc4N23)cc1.c1ccc(-c2ccc3c(c2)-c2ccccc2B2c4cc(-c5cccc6ccccc56)ccc4-c4cc(-c5ccccc5)ccc4N23)cc1. The number of nitrogens with zero attached hydrogens (tertiary/aromatic N) is 3. The topological polar surface area (TPSA) is 9.72 Å². The van der Waals surface area contributed by atoms with Crippen molar-refractivity contribution in [2.75, 3.05) is 14.4 Å². The normalized spacial score (nSPS) is 12.4. The van der Waals surface area contributed by atoms with E-state index in [1.165, 1.54) is 266 Å². The van der Waals surface area contributed by atoms with E-state index in [-0.39, 0.29) is 20.5 Å². The van der Waals surface area contributed by atoms with Crippen LogP contribution in [0.2, 0.25) is 0 Å². The minimum atomic E-state index is 0.0369. The third kappa shape index (κ3) is 14.8. The fourth-order valence-electron chi connectivity index (χ4n) is 24.1. The molecule has 0 spiro atoms. The molecule has 6 heteroatoms. The average molecular weight is 1850 g/mol. The number of fused-ring (bicyclic) bond motifs is 35. The molecule has 30 rings (SSSR count). The molecule has 146 heavy (non-hydrogen) atoms. The monoisotopic (exact) mass is 1850 g/mol. The second kappa shape index (κ2) is 35.9. The van der Waals surface area contributed by atoms with Crippen LogP contribution < -0.4 is 47.2 Å². The molecule has 3 nitrogen and oxygen atoms in total. The molecule has 24 aromatic carbocycles. The molecule has 0 saturated heterocycles. The summed E-state index contributed by atoms with van der Waals surface area (Å²) in [6.45, 7) is 0.118. The van der Waals surface area contributed by atoms with Crippen LogP contribution in [0.3, 0.4) is 0 Å². The van der Waals surface area contributed by atoms with Gasteiger partial charge in [0, 0.05) is 67.5 Å². The number of hydrogen-bond donors (Lipinski definition) is 0. The summed E-state index contributed by atoms with van der Waals surface area (Å²) in [5, 5.41) is 5.07. The second-order valence-corrected chi connectivity index (χ2v) is 39.1. The van der Waals surface area contributed by atoms with Gasteiger partial charge in [0.2, 0.25) is 0 Å². The Morgan fingerprint density at radius 1 is 0.103 bits per heavy atom. The molecule has 0 radical (unpaired) electrons. The molecule has 0 atom stereocenters. The summed E-state index contributed by atoms with van der Waals surface area (Å²) < 4.78 is 0. The Kier molecular flexibility index (Phi) is 21.0. The molecule has 24 aromatic rings. The van der Waals surface area contributed by atoms with Gasteiger partial charge in [-0.05, 0) is 278 Å². The van der Waals surface area contributed by atoms with E-state index < -0.39 is 0 Å². The standard InChI is InChI=1S/C48H32BN.2C46H30BN/c1-4-12-33(13-5-1)36-20-22-37(23-21-36)40-24-27-42-44-31-39(35-16-8-3-9-17-35)26-29-48(44)50-47-28-25-38(34-14-6-2-7-15-34)30-43(47)41-18-10-11-19-45(41)49(50)46(42)32-40;1-3-12-31(13-4-1)34-23-26-45-41(28-34)39-19-9-10-21-43(39)47-44-30-36(38-20-11-17-33-16-7-8-18-37(33)38)22-25-40(44)42-29-35(24-27-46(42)48(45)47)32-14-5-2-6-15-32;1-3-11-31(12-4-1)36-22-25-45-41(28-36)39-17-9-10-18-43(39)47-44-30-38(35-20-19-33-15-7-8-16-34(33)27-35)21-24-40(44)42-29-37(23-26-46(42)48(45)47)32-13-5-2-6-14-32/h1-32H;2*1-30H. The first-order chi connectivity index (χ1) is 72.4. The number of anilines is 6. The zero-order valence-corrected chi connectivity index (χ0v) is 80.2. The van der Waals surface area contributed by atoms with Gasteiger partial charge in [0.25, 0.3) is 0 Å². The molecule has 0 aliphatic carbocycles. The second-order valence-electron chi connectivity index (χ2n) is 39.1. The number of benzene rings is 24. The lowest BCUT2D eigenvalue weighted by molar-refractivity contribution is 1.35. The van der Waals surface area contributed by atoms with Crippen molar-refractivity contribution in [2.45, 2.75) is 0 Å². The Morgan fingerprint density at radius 3 is 0.651 bits per heavy atom. The average Bonchev–Trinajstić information content (AvgIpc) is 0.709. The van der Waals surface area contributed by atoms with Gasteiger partial charge in [-0.15, -0.1) is 0 Å². The zero-order chi connectivity index (χ0) is 96.2. The van der Waals surface area contributed by atoms with E-state index in [0.29, 0.717) is 0 Å². The summed E-state index contributed by atoms with van der Waals surface area (Å²) >= 11 is 0. The first kappa shape index (κ1) is 85.4. The van der Waals surface area contributed by atoms with Crippen molar-refractivity contribution in [1.82, 2.24) is 0 Å². The van der Waals surface area contributed by atoms with Crippen molar-refractivity contribution in [2.24, 2.45) is 0 Å². The van der Waals surface area contributed by atoms with Crippen LogP contribution in [0.15, 0.2) is 558 Å². The third-order valence-corrected chi connectivity index (χ3v) is 31.0. The van der Waals surface area contributed by atoms with Crippen molar-refractivity contribution in [3.05, 3.63) is 558 Å². The largest absolute Gasteiger partial charge is 0.376 e. The molecule has 0 aromatic heterocycles. The Hall–Kier alpha value is -18.6. The van der Waals surface area contributed by atoms with Crippen molar-refractivity contribution in [1.29, 1.82) is 0 Å². The molecule has 0 amide bonds. The summed E-state index contributed by atoms with van der Waals surface area (Å²) in [5.74, 6) is 0. The molecule has 6 heterocycles. The minimum Gasteiger partial charge on any atom is -0.376 e. The van der Waals surface area contributed by atoms with Crippen LogP contribution >= 0.6 is 0 Å². The third-order valence-electron chi connectivity index (χ3n) is 31.0. The molecule has 6 aliphatic heterocycles. The van der Waals surface area contributed by atoms with Gasteiger partial charge in [-0.3, -0.25) is 0 Å². The lowest BCUT2D eigenvalue weighted by atomic mass is 9.43. The van der Waals surface area contributed by atoms with Crippen LogP contribution in [0.1, 0.15) is 0 Å². The molecule has 676 valence electrons. The molecule has 0 fully saturated rings. The van der Waals surface area contributed by atoms with Crippen molar-refractivity contribution in [3.8, 4) is 178 Å². The van der Waals surface area contributed by atoms with Crippen LogP contribution in [-0.4, -0.2) is 20.5 Å². The van der Waals surface area contributed by atoms with Crippen LogP contribution in [0, 0.1) is 0 Å². The number of hydrogen-bond acceptors (Lipinski definition) is 3. The fourth-order valence-corrected chi connectivity index (χ4v) is 24.1. The lowest BCUT2D eigenvalue weighted by Gasteiger charge is -2.43. The predicted octanol–water partition coefficient (Wildman–Crippen LogP) is 32.8. The van der Waals surface area contributed by atoms with Crippen molar-refractivity contribution < 1.29 is 0 Å². The summed E-state index contributed by atoms with van der Waals surface area (Å²) in [6, 6.07) is 205. The summed E-state index contributed by atoms with van der Waals surface area (Å²) in [6.07, 6.45) is 0. The van der Waals surface area contributed by atoms with Gasteiger partial charge in [0.05, 0.1) is 0 Å². The maximum absolute atomic E-state index is 2.60. The summed E-state index contributed by atoms with van der Waals surface area (Å²) in [5.41, 5.74) is 55.6. The van der Waals surface area contributed by atoms with E-state index in [1.807, 2.05) is 0 Å². The molecule has 0 N–H and O–H groups in total. The van der Waals surface area contributed by atoms with E-state index in [2.05, 4.69) is 573 Å². The highest BCUT2D eigenvalue weighted by molar-refractivity contribution is 6.94. The first-order valence-corrected chi connectivity index (χ1v) is 50.8.